The van der Waals surface area contributed by atoms with Gasteiger partial charge in [-0.1, -0.05) is 0 Å². The van der Waals surface area contributed by atoms with Crippen LogP contribution in [0.3, 0.4) is 0 Å². The Labute approximate surface area is 115 Å². The summed E-state index contributed by atoms with van der Waals surface area (Å²) < 4.78 is 28.1. The van der Waals surface area contributed by atoms with Gasteiger partial charge in [0.25, 0.3) is 5.91 Å². The van der Waals surface area contributed by atoms with E-state index >= 15 is 0 Å². The second kappa shape index (κ2) is 6.68. The van der Waals surface area contributed by atoms with Crippen LogP contribution in [0.15, 0.2) is 24.3 Å². The Balaban J connectivity index is 0.00000180. The van der Waals surface area contributed by atoms with Gasteiger partial charge in [-0.15, -0.1) is 12.4 Å². The zero-order chi connectivity index (χ0) is 13.1. The van der Waals surface area contributed by atoms with Crippen molar-refractivity contribution in [2.24, 2.45) is 5.73 Å². The first-order chi connectivity index (χ1) is 8.56. The molecule has 1 fully saturated rings. The molecule has 0 bridgehead atoms. The summed E-state index contributed by atoms with van der Waals surface area (Å²) in [5.41, 5.74) is 6.17. The van der Waals surface area contributed by atoms with Crippen molar-refractivity contribution >= 4 is 18.3 Å². The van der Waals surface area contributed by atoms with E-state index in [1.165, 1.54) is 24.3 Å². The van der Waals surface area contributed by atoms with Crippen LogP contribution in [0.25, 0.3) is 0 Å². The summed E-state index contributed by atoms with van der Waals surface area (Å²) in [7, 11) is 0. The summed E-state index contributed by atoms with van der Waals surface area (Å²) in [6.45, 7) is -1.69. The summed E-state index contributed by atoms with van der Waals surface area (Å²) in [5, 5.41) is 0. The number of nitrogens with zero attached hydrogens (tertiary/aromatic N) is 1. The number of nitrogens with two attached hydrogens (primary N) is 1. The van der Waals surface area contributed by atoms with Crippen molar-refractivity contribution in [2.75, 3.05) is 13.1 Å². The van der Waals surface area contributed by atoms with E-state index in [-0.39, 0.29) is 30.1 Å². The fraction of sp³-hybridized carbons (Fsp3) is 0.417. The number of rotatable bonds is 3. The first-order valence-electron chi connectivity index (χ1n) is 5.66. The molecule has 1 saturated heterocycles. The molecule has 106 valence electrons. The number of carbonyl (C=O) groups is 1. The fourth-order valence-corrected chi connectivity index (χ4v) is 1.93. The molecular formula is C12H15ClF2N2O2. The van der Waals surface area contributed by atoms with Crippen LogP contribution in [0.4, 0.5) is 8.78 Å². The SMILES string of the molecule is Cl.NC1CCN(C(=O)c2ccc(OC(F)F)cc2)C1. The van der Waals surface area contributed by atoms with Gasteiger partial charge in [0.15, 0.2) is 0 Å². The minimum Gasteiger partial charge on any atom is -0.435 e. The van der Waals surface area contributed by atoms with Crippen LogP contribution in [0, 0.1) is 0 Å². The van der Waals surface area contributed by atoms with Gasteiger partial charge in [0.05, 0.1) is 0 Å². The normalized spacial score (nSPS) is 18.3. The smallest absolute Gasteiger partial charge is 0.387 e. The van der Waals surface area contributed by atoms with Crippen molar-refractivity contribution in [3.8, 4) is 5.75 Å². The van der Waals surface area contributed by atoms with Crippen LogP contribution < -0.4 is 10.5 Å². The van der Waals surface area contributed by atoms with Gasteiger partial charge in [-0.2, -0.15) is 8.78 Å². The second-order valence-electron chi connectivity index (χ2n) is 4.20. The maximum atomic E-state index is 12.0. The molecule has 1 atom stereocenters. The van der Waals surface area contributed by atoms with E-state index in [0.29, 0.717) is 18.7 Å². The number of hydrogen-bond acceptors (Lipinski definition) is 3. The van der Waals surface area contributed by atoms with E-state index in [0.717, 1.165) is 6.42 Å². The van der Waals surface area contributed by atoms with Gasteiger partial charge >= 0.3 is 6.61 Å². The summed E-state index contributed by atoms with van der Waals surface area (Å²) in [4.78, 5) is 13.7. The second-order valence-corrected chi connectivity index (χ2v) is 4.20. The predicted molar refractivity (Wildman–Crippen MR) is 68.8 cm³/mol. The van der Waals surface area contributed by atoms with Crippen LogP contribution in [0.2, 0.25) is 0 Å². The largest absolute Gasteiger partial charge is 0.435 e. The molecule has 1 unspecified atom stereocenters. The molecule has 0 aromatic heterocycles. The van der Waals surface area contributed by atoms with Gasteiger partial charge < -0.3 is 15.4 Å². The highest BCUT2D eigenvalue weighted by Gasteiger charge is 2.24. The first-order valence-corrected chi connectivity index (χ1v) is 5.66. The van der Waals surface area contributed by atoms with Gasteiger partial charge in [0.2, 0.25) is 0 Å². The predicted octanol–water partition coefficient (Wildman–Crippen LogP) is 1.88. The number of amides is 1. The third-order valence-corrected chi connectivity index (χ3v) is 2.84. The highest BCUT2D eigenvalue weighted by atomic mass is 35.5. The van der Waals surface area contributed by atoms with Crippen LogP contribution in [-0.2, 0) is 0 Å². The zero-order valence-electron chi connectivity index (χ0n) is 10.1. The van der Waals surface area contributed by atoms with Crippen molar-refractivity contribution in [1.29, 1.82) is 0 Å². The maximum absolute atomic E-state index is 12.0. The van der Waals surface area contributed by atoms with Crippen LogP contribution >= 0.6 is 12.4 Å². The molecule has 1 heterocycles. The topological polar surface area (TPSA) is 55.6 Å². The minimum atomic E-state index is -2.86. The number of benzene rings is 1. The number of hydrogen-bond donors (Lipinski definition) is 1. The lowest BCUT2D eigenvalue weighted by Gasteiger charge is -2.15. The van der Waals surface area contributed by atoms with Gasteiger partial charge in [0.1, 0.15) is 5.75 Å². The number of alkyl halides is 2. The molecule has 7 heteroatoms. The summed E-state index contributed by atoms with van der Waals surface area (Å²) in [6, 6.07) is 5.69. The number of ether oxygens (including phenoxy) is 1. The molecule has 0 aliphatic carbocycles. The van der Waals surface area contributed by atoms with E-state index in [1.54, 1.807) is 4.90 Å². The molecule has 1 aliphatic rings. The fourth-order valence-electron chi connectivity index (χ4n) is 1.93. The molecule has 1 aromatic carbocycles. The molecule has 2 N–H and O–H groups in total. The Bertz CT molecular complexity index is 428. The zero-order valence-corrected chi connectivity index (χ0v) is 10.9. The van der Waals surface area contributed by atoms with Gasteiger partial charge in [-0.05, 0) is 30.7 Å². The molecule has 0 radical (unpaired) electrons. The Morgan fingerprint density at radius 1 is 1.37 bits per heavy atom. The lowest BCUT2D eigenvalue weighted by Crippen LogP contribution is -2.31. The lowest BCUT2D eigenvalue weighted by atomic mass is 10.2. The van der Waals surface area contributed by atoms with Gasteiger partial charge in [0, 0.05) is 24.7 Å². The van der Waals surface area contributed by atoms with E-state index < -0.39 is 6.61 Å². The van der Waals surface area contributed by atoms with Crippen molar-refractivity contribution < 1.29 is 18.3 Å². The van der Waals surface area contributed by atoms with Crippen LogP contribution in [-0.4, -0.2) is 36.5 Å². The summed E-state index contributed by atoms with van der Waals surface area (Å²) in [6.07, 6.45) is 0.790. The van der Waals surface area contributed by atoms with Gasteiger partial charge in [-0.3, -0.25) is 4.79 Å². The molecule has 19 heavy (non-hydrogen) atoms. The minimum absolute atomic E-state index is 0. The number of halogens is 3. The van der Waals surface area contributed by atoms with Crippen LogP contribution in [0.5, 0.6) is 5.75 Å². The van der Waals surface area contributed by atoms with Crippen LogP contribution in [0.1, 0.15) is 16.8 Å². The first kappa shape index (κ1) is 15.7. The highest BCUT2D eigenvalue weighted by molar-refractivity contribution is 5.94. The Kier molecular flexibility index (Phi) is 5.50. The quantitative estimate of drug-likeness (QED) is 0.925. The molecule has 1 aromatic rings. The third-order valence-electron chi connectivity index (χ3n) is 2.84. The molecule has 0 spiro atoms. The van der Waals surface area contributed by atoms with E-state index in [4.69, 9.17) is 5.73 Å². The number of carbonyl (C=O) groups excluding carboxylic acids is 1. The average Bonchev–Trinajstić information content (AvgIpc) is 2.75. The Morgan fingerprint density at radius 3 is 2.47 bits per heavy atom. The molecular weight excluding hydrogens is 278 g/mol. The molecule has 1 amide bonds. The van der Waals surface area contributed by atoms with Gasteiger partial charge in [-0.25, -0.2) is 0 Å². The Hall–Kier alpha value is -1.40. The lowest BCUT2D eigenvalue weighted by molar-refractivity contribution is -0.0498. The monoisotopic (exact) mass is 292 g/mol. The summed E-state index contributed by atoms with van der Waals surface area (Å²) >= 11 is 0. The number of likely N-dealkylation sites (tertiary alicyclic amines) is 1. The molecule has 4 nitrogen and oxygen atoms in total. The van der Waals surface area contributed by atoms with Crippen molar-refractivity contribution in [2.45, 2.75) is 19.1 Å². The van der Waals surface area contributed by atoms with E-state index in [9.17, 15) is 13.6 Å². The standard InChI is InChI=1S/C12H14F2N2O2.ClH/c13-12(14)18-10-3-1-8(2-4-10)11(17)16-6-5-9(15)7-16;/h1-4,9,12H,5-7,15H2;1H. The maximum Gasteiger partial charge on any atom is 0.387 e. The third kappa shape index (κ3) is 4.04. The molecule has 2 rings (SSSR count). The van der Waals surface area contributed by atoms with Crippen molar-refractivity contribution in [3.05, 3.63) is 29.8 Å². The molecule has 1 aliphatic heterocycles. The average molecular weight is 293 g/mol. The Morgan fingerprint density at radius 2 is 2.00 bits per heavy atom. The van der Waals surface area contributed by atoms with E-state index in [1.807, 2.05) is 0 Å². The highest BCUT2D eigenvalue weighted by Crippen LogP contribution is 2.17. The van der Waals surface area contributed by atoms with E-state index in [2.05, 4.69) is 4.74 Å². The summed E-state index contributed by atoms with van der Waals surface area (Å²) in [5.74, 6) is -0.0915. The van der Waals surface area contributed by atoms with Crippen molar-refractivity contribution in [1.82, 2.24) is 4.90 Å². The molecule has 0 saturated carbocycles. The van der Waals surface area contributed by atoms with Crippen molar-refractivity contribution in [3.63, 3.8) is 0 Å².